The first-order valence-corrected chi connectivity index (χ1v) is 10.3. The van der Waals surface area contributed by atoms with Crippen LogP contribution in [0.15, 0.2) is 66.9 Å². The van der Waals surface area contributed by atoms with E-state index in [1.165, 1.54) is 16.5 Å². The number of fused-ring (bicyclic) bond motifs is 1. The van der Waals surface area contributed by atoms with Crippen molar-refractivity contribution in [2.45, 2.75) is 13.1 Å². The third-order valence-corrected chi connectivity index (χ3v) is 5.61. The van der Waals surface area contributed by atoms with Gasteiger partial charge in [-0.3, -0.25) is 14.8 Å². The molecule has 4 rings (SSSR count). The van der Waals surface area contributed by atoms with E-state index >= 15 is 0 Å². The molecule has 0 N–H and O–H groups in total. The molecule has 146 valence electrons. The molecule has 1 aliphatic rings. The molecule has 4 nitrogen and oxygen atoms in total. The van der Waals surface area contributed by atoms with Crippen molar-refractivity contribution in [2.24, 2.45) is 0 Å². The highest BCUT2D eigenvalue weighted by atomic mass is 15.3. The molecule has 2 aromatic carbocycles. The third-order valence-electron chi connectivity index (χ3n) is 5.61. The van der Waals surface area contributed by atoms with Crippen molar-refractivity contribution in [3.63, 3.8) is 0 Å². The number of para-hydroxylation sites is 1. The molecular formula is C24H30N4. The van der Waals surface area contributed by atoms with Gasteiger partial charge >= 0.3 is 0 Å². The van der Waals surface area contributed by atoms with E-state index in [2.05, 4.69) is 81.3 Å². The normalized spacial score (nSPS) is 16.1. The molecule has 4 heteroatoms. The molecular weight excluding hydrogens is 344 g/mol. The van der Waals surface area contributed by atoms with Gasteiger partial charge in [-0.05, 0) is 30.3 Å². The minimum Gasteiger partial charge on any atom is -0.301 e. The smallest absolute Gasteiger partial charge is 0.0702 e. The van der Waals surface area contributed by atoms with E-state index in [1.807, 2.05) is 12.3 Å². The molecule has 1 saturated heterocycles. The van der Waals surface area contributed by atoms with E-state index in [0.29, 0.717) is 0 Å². The average molecular weight is 375 g/mol. The van der Waals surface area contributed by atoms with Gasteiger partial charge < -0.3 is 4.90 Å². The molecule has 0 amide bonds. The summed E-state index contributed by atoms with van der Waals surface area (Å²) in [7, 11) is 2.21. The molecule has 0 saturated carbocycles. The Morgan fingerprint density at radius 1 is 0.857 bits per heavy atom. The number of piperazine rings is 1. The quantitative estimate of drug-likeness (QED) is 0.631. The molecule has 0 atom stereocenters. The van der Waals surface area contributed by atoms with Gasteiger partial charge in [-0.25, -0.2) is 0 Å². The maximum atomic E-state index is 4.58. The molecule has 0 aliphatic carbocycles. The largest absolute Gasteiger partial charge is 0.301 e. The summed E-state index contributed by atoms with van der Waals surface area (Å²) in [6, 6.07) is 21.4. The first-order chi connectivity index (χ1) is 13.8. The van der Waals surface area contributed by atoms with Crippen LogP contribution in [0.3, 0.4) is 0 Å². The number of hydrogen-bond donors (Lipinski definition) is 0. The fourth-order valence-electron chi connectivity index (χ4n) is 3.92. The highest BCUT2D eigenvalue weighted by Gasteiger charge is 2.17. The average Bonchev–Trinajstić information content (AvgIpc) is 2.74. The third kappa shape index (κ3) is 5.16. The summed E-state index contributed by atoms with van der Waals surface area (Å²) in [5.74, 6) is 0. The van der Waals surface area contributed by atoms with Gasteiger partial charge in [0, 0.05) is 63.9 Å². The first-order valence-electron chi connectivity index (χ1n) is 10.3. The summed E-state index contributed by atoms with van der Waals surface area (Å²) in [5, 5.41) is 1.22. The van der Waals surface area contributed by atoms with Crippen LogP contribution in [0.25, 0.3) is 10.9 Å². The molecule has 2 heterocycles. The van der Waals surface area contributed by atoms with Crippen LogP contribution in [0.5, 0.6) is 0 Å². The number of benzene rings is 2. The lowest BCUT2D eigenvalue weighted by Gasteiger charge is -2.35. The van der Waals surface area contributed by atoms with Gasteiger partial charge in [0.2, 0.25) is 0 Å². The zero-order valence-corrected chi connectivity index (χ0v) is 16.8. The zero-order valence-electron chi connectivity index (χ0n) is 16.8. The minimum absolute atomic E-state index is 0.950. The second kappa shape index (κ2) is 9.28. The van der Waals surface area contributed by atoms with Crippen LogP contribution in [-0.4, -0.2) is 66.0 Å². The van der Waals surface area contributed by atoms with Gasteiger partial charge in [0.1, 0.15) is 0 Å². The van der Waals surface area contributed by atoms with Crippen molar-refractivity contribution in [3.05, 3.63) is 78.0 Å². The predicted molar refractivity (Wildman–Crippen MR) is 116 cm³/mol. The Morgan fingerprint density at radius 2 is 1.57 bits per heavy atom. The van der Waals surface area contributed by atoms with Gasteiger partial charge in [-0.2, -0.15) is 0 Å². The molecule has 3 aromatic rings. The molecule has 0 spiro atoms. The van der Waals surface area contributed by atoms with E-state index in [-0.39, 0.29) is 0 Å². The van der Waals surface area contributed by atoms with Crippen molar-refractivity contribution in [1.82, 2.24) is 19.7 Å². The first kappa shape index (κ1) is 19.1. The fraction of sp³-hybridized carbons (Fsp3) is 0.375. The summed E-state index contributed by atoms with van der Waals surface area (Å²) in [6.07, 6.45) is 2.02. The van der Waals surface area contributed by atoms with E-state index in [1.54, 1.807) is 0 Å². The van der Waals surface area contributed by atoms with Gasteiger partial charge in [0.05, 0.1) is 5.52 Å². The summed E-state index contributed by atoms with van der Waals surface area (Å²) in [4.78, 5) is 12.1. The number of pyridine rings is 1. The number of nitrogens with zero attached hydrogens (tertiary/aromatic N) is 4. The van der Waals surface area contributed by atoms with E-state index < -0.39 is 0 Å². The second-order valence-electron chi connectivity index (χ2n) is 7.88. The van der Waals surface area contributed by atoms with Crippen LogP contribution in [0.2, 0.25) is 0 Å². The molecule has 28 heavy (non-hydrogen) atoms. The Morgan fingerprint density at radius 3 is 2.39 bits per heavy atom. The topological polar surface area (TPSA) is 22.6 Å². The molecule has 0 unspecified atom stereocenters. The van der Waals surface area contributed by atoms with Gasteiger partial charge in [-0.1, -0.05) is 48.5 Å². The van der Waals surface area contributed by atoms with Gasteiger partial charge in [0.15, 0.2) is 0 Å². The van der Waals surface area contributed by atoms with Gasteiger partial charge in [-0.15, -0.1) is 0 Å². The zero-order chi connectivity index (χ0) is 19.2. The number of rotatable bonds is 7. The predicted octanol–water partition coefficient (Wildman–Crippen LogP) is 3.48. The van der Waals surface area contributed by atoms with Crippen LogP contribution in [0.1, 0.15) is 11.1 Å². The lowest BCUT2D eigenvalue weighted by atomic mass is 10.1. The van der Waals surface area contributed by atoms with Crippen molar-refractivity contribution in [1.29, 1.82) is 0 Å². The highest BCUT2D eigenvalue weighted by molar-refractivity contribution is 5.78. The lowest BCUT2D eigenvalue weighted by molar-refractivity contribution is 0.117. The van der Waals surface area contributed by atoms with Crippen molar-refractivity contribution in [3.8, 4) is 0 Å². The van der Waals surface area contributed by atoms with E-state index in [0.717, 1.165) is 57.9 Å². The Labute approximate surface area is 168 Å². The molecule has 0 bridgehead atoms. The Kier molecular flexibility index (Phi) is 6.32. The van der Waals surface area contributed by atoms with Crippen LogP contribution < -0.4 is 0 Å². The summed E-state index contributed by atoms with van der Waals surface area (Å²) >= 11 is 0. The Balaban J connectivity index is 1.20. The monoisotopic (exact) mass is 374 g/mol. The molecule has 1 fully saturated rings. The fourth-order valence-corrected chi connectivity index (χ4v) is 3.92. The van der Waals surface area contributed by atoms with Crippen LogP contribution in [-0.2, 0) is 13.1 Å². The lowest BCUT2D eigenvalue weighted by Crippen LogP contribution is -2.47. The second-order valence-corrected chi connectivity index (χ2v) is 7.88. The Hall–Kier alpha value is -2.27. The van der Waals surface area contributed by atoms with Crippen molar-refractivity contribution in [2.75, 3.05) is 46.3 Å². The summed E-state index contributed by atoms with van der Waals surface area (Å²) in [6.45, 7) is 8.90. The maximum Gasteiger partial charge on any atom is 0.0702 e. The maximum absolute atomic E-state index is 4.58. The molecule has 1 aliphatic heterocycles. The van der Waals surface area contributed by atoms with Crippen molar-refractivity contribution < 1.29 is 0 Å². The molecule has 0 radical (unpaired) electrons. The number of hydrogen-bond acceptors (Lipinski definition) is 4. The van der Waals surface area contributed by atoms with Crippen LogP contribution in [0, 0.1) is 0 Å². The van der Waals surface area contributed by atoms with E-state index in [9.17, 15) is 0 Å². The van der Waals surface area contributed by atoms with Gasteiger partial charge in [0.25, 0.3) is 0 Å². The minimum atomic E-state index is 0.950. The van der Waals surface area contributed by atoms with Crippen LogP contribution >= 0.6 is 0 Å². The highest BCUT2D eigenvalue weighted by Crippen LogP contribution is 2.14. The number of aromatic nitrogens is 1. The molecule has 1 aromatic heterocycles. The standard InChI is InChI=1S/C24H30N4/c1-26(19-22-17-23-9-5-6-10-24(23)25-18-22)11-12-27-13-15-28(16-14-27)20-21-7-3-2-4-8-21/h2-10,17-18H,11-16,19-20H2,1H3. The van der Waals surface area contributed by atoms with Crippen molar-refractivity contribution >= 4 is 10.9 Å². The van der Waals surface area contributed by atoms with E-state index in [4.69, 9.17) is 0 Å². The summed E-state index contributed by atoms with van der Waals surface area (Å²) in [5.41, 5.74) is 3.77. The number of likely N-dealkylation sites (N-methyl/N-ethyl adjacent to an activating group) is 1. The summed E-state index contributed by atoms with van der Waals surface area (Å²) < 4.78 is 0. The van der Waals surface area contributed by atoms with Crippen LogP contribution in [0.4, 0.5) is 0 Å². The SMILES string of the molecule is CN(CCN1CCN(Cc2ccccc2)CC1)Cc1cnc2ccccc2c1. The Bertz CT molecular complexity index is 872.